The van der Waals surface area contributed by atoms with E-state index in [1.807, 2.05) is 19.9 Å². The minimum absolute atomic E-state index is 0.00665. The lowest BCUT2D eigenvalue weighted by Crippen LogP contribution is -2.32. The van der Waals surface area contributed by atoms with Crippen LogP contribution < -0.4 is 5.32 Å². The number of carbonyl (C=O) groups excluding carboxylic acids is 1. The van der Waals surface area contributed by atoms with Crippen molar-refractivity contribution >= 4 is 11.9 Å². The van der Waals surface area contributed by atoms with Crippen molar-refractivity contribution in [2.45, 2.75) is 33.6 Å². The number of carbonyl (C=O) groups is 2. The van der Waals surface area contributed by atoms with E-state index in [0.29, 0.717) is 22.5 Å². The fourth-order valence-corrected chi connectivity index (χ4v) is 3.29. The molecule has 0 bridgehead atoms. The Bertz CT molecular complexity index is 977. The Kier molecular flexibility index (Phi) is 6.80. The van der Waals surface area contributed by atoms with Gasteiger partial charge >= 0.3 is 11.9 Å². The van der Waals surface area contributed by atoms with Gasteiger partial charge in [0.05, 0.1) is 40.7 Å². The van der Waals surface area contributed by atoms with E-state index in [1.54, 1.807) is 38.1 Å². The summed E-state index contributed by atoms with van der Waals surface area (Å²) < 4.78 is 5.40. The number of carboxylic acid groups (broad SMARTS) is 1. The molecule has 7 nitrogen and oxygen atoms in total. The molecular formula is C22H23N3O4. The number of esters is 1. The summed E-state index contributed by atoms with van der Waals surface area (Å²) in [4.78, 5) is 25.0. The van der Waals surface area contributed by atoms with E-state index < -0.39 is 23.8 Å². The topological polar surface area (TPSA) is 123 Å². The summed E-state index contributed by atoms with van der Waals surface area (Å²) in [5.41, 5.74) is 1.92. The zero-order valence-corrected chi connectivity index (χ0v) is 16.8. The molecule has 1 aromatic rings. The Hall–Kier alpha value is -3.58. The molecule has 2 N–H and O–H groups in total. The predicted molar refractivity (Wildman–Crippen MR) is 105 cm³/mol. The van der Waals surface area contributed by atoms with Crippen LogP contribution in [0.2, 0.25) is 0 Å². The largest absolute Gasteiger partial charge is 0.478 e. The molecule has 0 saturated carbocycles. The summed E-state index contributed by atoms with van der Waals surface area (Å²) in [5, 5.41) is 31.2. The molecule has 1 aromatic carbocycles. The van der Waals surface area contributed by atoms with Crippen LogP contribution in [-0.4, -0.2) is 23.7 Å². The van der Waals surface area contributed by atoms with Gasteiger partial charge in [-0.3, -0.25) is 0 Å². The minimum Gasteiger partial charge on any atom is -0.478 e. The van der Waals surface area contributed by atoms with Crippen LogP contribution in [0.1, 0.15) is 44.7 Å². The van der Waals surface area contributed by atoms with Crippen LogP contribution in [0.15, 0.2) is 46.8 Å². The number of ether oxygens (including phenoxy) is 1. The van der Waals surface area contributed by atoms with Gasteiger partial charge in [0.1, 0.15) is 6.61 Å². The van der Waals surface area contributed by atoms with E-state index in [0.717, 1.165) is 0 Å². The van der Waals surface area contributed by atoms with E-state index in [4.69, 9.17) is 4.74 Å². The lowest BCUT2D eigenvalue weighted by molar-refractivity contribution is -0.140. The van der Waals surface area contributed by atoms with Crippen LogP contribution in [-0.2, 0) is 14.3 Å². The highest BCUT2D eigenvalue weighted by molar-refractivity contribution is 5.99. The summed E-state index contributed by atoms with van der Waals surface area (Å²) in [6.07, 6.45) is 0. The number of carboxylic acids is 1. The van der Waals surface area contributed by atoms with Gasteiger partial charge in [0.2, 0.25) is 0 Å². The molecule has 0 aliphatic carbocycles. The molecule has 29 heavy (non-hydrogen) atoms. The van der Waals surface area contributed by atoms with E-state index in [9.17, 15) is 25.2 Å². The third-order valence-electron chi connectivity index (χ3n) is 4.92. The zero-order valence-electron chi connectivity index (χ0n) is 16.8. The van der Waals surface area contributed by atoms with E-state index in [2.05, 4.69) is 11.4 Å². The van der Waals surface area contributed by atoms with Gasteiger partial charge in [-0.2, -0.15) is 10.5 Å². The Morgan fingerprint density at radius 2 is 1.86 bits per heavy atom. The van der Waals surface area contributed by atoms with Crippen LogP contribution in [0.5, 0.6) is 0 Å². The van der Waals surface area contributed by atoms with Crippen molar-refractivity contribution in [1.82, 2.24) is 5.32 Å². The number of dihydropyridines is 1. The Morgan fingerprint density at radius 3 is 2.41 bits per heavy atom. The van der Waals surface area contributed by atoms with Crippen LogP contribution >= 0.6 is 0 Å². The zero-order chi connectivity index (χ0) is 21.7. The van der Waals surface area contributed by atoms with E-state index in [1.165, 1.54) is 0 Å². The summed E-state index contributed by atoms with van der Waals surface area (Å²) in [5.74, 6) is -3.21. The molecule has 1 heterocycles. The molecule has 2 unspecified atom stereocenters. The fourth-order valence-electron chi connectivity index (χ4n) is 3.29. The lowest BCUT2D eigenvalue weighted by Gasteiger charge is -2.30. The lowest BCUT2D eigenvalue weighted by atomic mass is 9.80. The Balaban J connectivity index is 2.51. The molecule has 0 amide bonds. The molecule has 7 heteroatoms. The second kappa shape index (κ2) is 9.07. The molecule has 0 spiro atoms. The number of nitrogens with zero attached hydrogens (tertiary/aromatic N) is 2. The molecular weight excluding hydrogens is 370 g/mol. The van der Waals surface area contributed by atoms with Gasteiger partial charge in [-0.05, 0) is 37.5 Å². The van der Waals surface area contributed by atoms with Crippen LogP contribution in [0.4, 0.5) is 0 Å². The van der Waals surface area contributed by atoms with Crippen LogP contribution in [0, 0.1) is 34.5 Å². The second-order valence-corrected chi connectivity index (χ2v) is 7.26. The number of allylic oxidation sites excluding steroid dienone is 2. The first-order valence-electron chi connectivity index (χ1n) is 9.19. The number of rotatable bonds is 6. The third-order valence-corrected chi connectivity index (χ3v) is 4.92. The summed E-state index contributed by atoms with van der Waals surface area (Å²) in [6, 6.07) is 10.6. The molecule has 2 atom stereocenters. The predicted octanol–water partition coefficient (Wildman–Crippen LogP) is 3.22. The van der Waals surface area contributed by atoms with Gasteiger partial charge in [0.15, 0.2) is 0 Å². The van der Waals surface area contributed by atoms with Crippen molar-refractivity contribution in [1.29, 1.82) is 10.5 Å². The summed E-state index contributed by atoms with van der Waals surface area (Å²) in [7, 11) is 0. The number of hydrogen-bond donors (Lipinski definition) is 2. The number of nitriles is 2. The highest BCUT2D eigenvalue weighted by Crippen LogP contribution is 2.39. The monoisotopic (exact) mass is 393 g/mol. The van der Waals surface area contributed by atoms with Gasteiger partial charge in [-0.15, -0.1) is 0 Å². The smallest absolute Gasteiger partial charge is 0.336 e. The van der Waals surface area contributed by atoms with Gasteiger partial charge in [0, 0.05) is 11.4 Å². The van der Waals surface area contributed by atoms with Gasteiger partial charge in [-0.25, -0.2) is 9.59 Å². The molecule has 2 rings (SSSR count). The third kappa shape index (κ3) is 4.64. The maximum atomic E-state index is 13.0. The first-order chi connectivity index (χ1) is 13.7. The van der Waals surface area contributed by atoms with Crippen molar-refractivity contribution in [3.05, 3.63) is 57.9 Å². The van der Waals surface area contributed by atoms with Gasteiger partial charge in [0.25, 0.3) is 0 Å². The van der Waals surface area contributed by atoms with Crippen molar-refractivity contribution in [2.24, 2.45) is 11.8 Å². The average molecular weight is 393 g/mol. The first kappa shape index (κ1) is 21.7. The molecule has 150 valence electrons. The Labute approximate surface area is 169 Å². The van der Waals surface area contributed by atoms with Crippen molar-refractivity contribution in [3.63, 3.8) is 0 Å². The fraction of sp³-hybridized carbons (Fsp3) is 0.364. The maximum Gasteiger partial charge on any atom is 0.336 e. The normalized spacial score (nSPS) is 17.3. The highest BCUT2D eigenvalue weighted by Gasteiger charge is 2.37. The number of aliphatic carboxylic acids is 1. The molecule has 0 radical (unpaired) electrons. The van der Waals surface area contributed by atoms with Crippen LogP contribution in [0.3, 0.4) is 0 Å². The maximum absolute atomic E-state index is 13.0. The molecule has 0 aromatic heterocycles. The molecule has 0 fully saturated rings. The second-order valence-electron chi connectivity index (χ2n) is 7.26. The Morgan fingerprint density at radius 1 is 1.21 bits per heavy atom. The minimum atomic E-state index is -1.17. The van der Waals surface area contributed by atoms with Gasteiger partial charge in [-0.1, -0.05) is 26.0 Å². The molecule has 1 aliphatic rings. The standard InChI is InChI=1S/C22H23N3O4/c1-12(2)17(10-24)11-29-22(28)19-14(4)25-13(3)18(21(26)27)20(19)16-7-5-6-15(8-16)9-23/h5-8,12,17,20,25H,11H2,1-4H3,(H,26,27). The van der Waals surface area contributed by atoms with E-state index in [-0.39, 0.29) is 23.7 Å². The quantitative estimate of drug-likeness (QED) is 0.711. The SMILES string of the molecule is CC1=C(C(=O)O)C(c2cccc(C#N)c2)C(C(=O)OCC(C#N)C(C)C)=C(C)N1. The van der Waals surface area contributed by atoms with Crippen molar-refractivity contribution < 1.29 is 19.4 Å². The van der Waals surface area contributed by atoms with Crippen molar-refractivity contribution in [2.75, 3.05) is 6.61 Å². The summed E-state index contributed by atoms with van der Waals surface area (Å²) >= 11 is 0. The average Bonchev–Trinajstić information content (AvgIpc) is 2.67. The molecule has 0 saturated heterocycles. The number of nitrogens with one attached hydrogen (secondary N) is 1. The summed E-state index contributed by atoms with van der Waals surface area (Å²) in [6.45, 7) is 6.93. The molecule has 1 aliphatic heterocycles. The number of hydrogen-bond acceptors (Lipinski definition) is 6. The van der Waals surface area contributed by atoms with Crippen molar-refractivity contribution in [3.8, 4) is 12.1 Å². The van der Waals surface area contributed by atoms with Gasteiger partial charge < -0.3 is 15.2 Å². The highest BCUT2D eigenvalue weighted by atomic mass is 16.5. The van der Waals surface area contributed by atoms with Crippen LogP contribution in [0.25, 0.3) is 0 Å². The number of benzene rings is 1. The van der Waals surface area contributed by atoms with E-state index >= 15 is 0 Å². The first-order valence-corrected chi connectivity index (χ1v) is 9.19.